The molecule has 92 valence electrons. The maximum absolute atomic E-state index is 11.5. The average molecular weight is 278 g/mol. The Morgan fingerprint density at radius 2 is 2.06 bits per heavy atom. The molecule has 1 rings (SSSR count). The van der Waals surface area contributed by atoms with Gasteiger partial charge in [0.2, 0.25) is 0 Å². The fourth-order valence-electron chi connectivity index (χ4n) is 0.948. The summed E-state index contributed by atoms with van der Waals surface area (Å²) in [6.45, 7) is -0.381. The monoisotopic (exact) mass is 277 g/mol. The third-order valence-electron chi connectivity index (χ3n) is 1.76. The molecule has 0 aliphatic rings. The first-order valence-electron chi connectivity index (χ1n) is 4.48. The largest absolute Gasteiger partial charge is 0.467 e. The fraction of sp³-hybridized carbons (Fsp3) is 0.200. The minimum Gasteiger partial charge on any atom is -0.467 e. The van der Waals surface area contributed by atoms with Gasteiger partial charge in [-0.3, -0.25) is 9.63 Å². The van der Waals surface area contributed by atoms with Crippen LogP contribution < -0.4 is 5.48 Å². The zero-order valence-corrected chi connectivity index (χ0v) is 10.3. The summed E-state index contributed by atoms with van der Waals surface area (Å²) in [4.78, 5) is 26.9. The number of nitrogens with one attached hydrogen (secondary N) is 1. The first-order valence-corrected chi connectivity index (χ1v) is 5.24. The van der Waals surface area contributed by atoms with E-state index in [4.69, 9.17) is 23.2 Å². The van der Waals surface area contributed by atoms with E-state index in [9.17, 15) is 9.59 Å². The summed E-state index contributed by atoms with van der Waals surface area (Å²) < 4.78 is 4.32. The molecule has 0 saturated heterocycles. The first kappa shape index (κ1) is 13.8. The van der Waals surface area contributed by atoms with Crippen LogP contribution in [-0.2, 0) is 14.4 Å². The lowest BCUT2D eigenvalue weighted by Crippen LogP contribution is -2.27. The van der Waals surface area contributed by atoms with Crippen molar-refractivity contribution >= 4 is 35.1 Å². The van der Waals surface area contributed by atoms with Crippen LogP contribution in [0.3, 0.4) is 0 Å². The van der Waals surface area contributed by atoms with Crippen LogP contribution in [0.5, 0.6) is 0 Å². The Morgan fingerprint density at radius 1 is 1.35 bits per heavy atom. The number of ether oxygens (including phenoxy) is 1. The predicted molar refractivity (Wildman–Crippen MR) is 61.9 cm³/mol. The van der Waals surface area contributed by atoms with Gasteiger partial charge in [-0.1, -0.05) is 23.2 Å². The van der Waals surface area contributed by atoms with Crippen molar-refractivity contribution in [3.63, 3.8) is 0 Å². The highest BCUT2D eigenvalue weighted by Gasteiger charge is 2.11. The lowest BCUT2D eigenvalue weighted by molar-refractivity contribution is -0.147. The molecule has 0 saturated carbocycles. The number of methoxy groups -OCH3 is 1. The van der Waals surface area contributed by atoms with E-state index in [1.54, 1.807) is 0 Å². The van der Waals surface area contributed by atoms with Crippen LogP contribution in [0.25, 0.3) is 0 Å². The molecule has 0 aromatic heterocycles. The van der Waals surface area contributed by atoms with Gasteiger partial charge in [-0.2, -0.15) is 0 Å². The van der Waals surface area contributed by atoms with Crippen LogP contribution >= 0.6 is 23.2 Å². The van der Waals surface area contributed by atoms with Crippen LogP contribution in [0, 0.1) is 0 Å². The second-order valence-corrected chi connectivity index (χ2v) is 3.76. The van der Waals surface area contributed by atoms with E-state index in [2.05, 4.69) is 15.1 Å². The number of esters is 1. The van der Waals surface area contributed by atoms with E-state index in [1.807, 2.05) is 0 Å². The molecule has 0 spiro atoms. The first-order chi connectivity index (χ1) is 8.04. The maximum Gasteiger partial charge on any atom is 0.334 e. The Hall–Kier alpha value is -1.30. The highest BCUT2D eigenvalue weighted by molar-refractivity contribution is 6.36. The van der Waals surface area contributed by atoms with Crippen LogP contribution in [0.4, 0.5) is 0 Å². The summed E-state index contributed by atoms with van der Waals surface area (Å²) in [5.41, 5.74) is 2.25. The normalized spacial score (nSPS) is 9.82. The fourth-order valence-corrected chi connectivity index (χ4v) is 1.44. The molecule has 1 aromatic rings. The topological polar surface area (TPSA) is 64.6 Å². The third kappa shape index (κ3) is 4.22. The van der Waals surface area contributed by atoms with Gasteiger partial charge in [-0.05, 0) is 18.2 Å². The number of benzene rings is 1. The zero-order valence-electron chi connectivity index (χ0n) is 8.83. The minimum absolute atomic E-state index is 0.191. The van der Waals surface area contributed by atoms with Crippen molar-refractivity contribution < 1.29 is 19.2 Å². The van der Waals surface area contributed by atoms with Gasteiger partial charge < -0.3 is 4.74 Å². The summed E-state index contributed by atoms with van der Waals surface area (Å²) in [5.74, 6) is -1.18. The summed E-state index contributed by atoms with van der Waals surface area (Å²) in [6.07, 6.45) is 0. The molecule has 0 radical (unpaired) electrons. The standard InChI is InChI=1S/C10H9Cl2NO4/c1-16-9(14)5-17-13-10(15)7-3-2-6(11)4-8(7)12/h2-4H,5H2,1H3,(H,13,15). The van der Waals surface area contributed by atoms with Crippen molar-refractivity contribution in [3.8, 4) is 0 Å². The van der Waals surface area contributed by atoms with Gasteiger partial charge in [0, 0.05) is 5.02 Å². The van der Waals surface area contributed by atoms with Gasteiger partial charge in [0.05, 0.1) is 17.7 Å². The summed E-state index contributed by atoms with van der Waals surface area (Å²) in [6, 6.07) is 4.39. The van der Waals surface area contributed by atoms with Crippen LogP contribution in [0.15, 0.2) is 18.2 Å². The van der Waals surface area contributed by atoms with Crippen molar-refractivity contribution in [3.05, 3.63) is 33.8 Å². The molecular formula is C10H9Cl2NO4. The molecule has 17 heavy (non-hydrogen) atoms. The molecule has 5 nitrogen and oxygen atoms in total. The number of hydrogen-bond acceptors (Lipinski definition) is 4. The average Bonchev–Trinajstić information content (AvgIpc) is 2.28. The van der Waals surface area contributed by atoms with E-state index in [1.165, 1.54) is 25.3 Å². The van der Waals surface area contributed by atoms with E-state index in [-0.39, 0.29) is 17.2 Å². The Balaban J connectivity index is 2.55. The smallest absolute Gasteiger partial charge is 0.334 e. The quantitative estimate of drug-likeness (QED) is 0.674. The summed E-state index contributed by atoms with van der Waals surface area (Å²) in [7, 11) is 1.21. The van der Waals surface area contributed by atoms with Gasteiger partial charge in [0.15, 0.2) is 6.61 Å². The molecular weight excluding hydrogens is 269 g/mol. The number of carbonyl (C=O) groups is 2. The van der Waals surface area contributed by atoms with Gasteiger partial charge in [-0.25, -0.2) is 10.3 Å². The van der Waals surface area contributed by atoms with E-state index in [0.717, 1.165) is 0 Å². The number of rotatable bonds is 4. The van der Waals surface area contributed by atoms with Gasteiger partial charge in [0.1, 0.15) is 0 Å². The number of amides is 1. The van der Waals surface area contributed by atoms with Crippen molar-refractivity contribution in [1.82, 2.24) is 5.48 Å². The number of hydroxylamine groups is 1. The molecule has 1 aromatic carbocycles. The maximum atomic E-state index is 11.5. The molecule has 0 unspecified atom stereocenters. The lowest BCUT2D eigenvalue weighted by Gasteiger charge is -2.06. The molecule has 0 aliphatic carbocycles. The molecule has 0 aliphatic heterocycles. The van der Waals surface area contributed by atoms with E-state index < -0.39 is 11.9 Å². The zero-order chi connectivity index (χ0) is 12.8. The molecule has 0 bridgehead atoms. The molecule has 0 fully saturated rings. The van der Waals surface area contributed by atoms with Gasteiger partial charge in [0.25, 0.3) is 5.91 Å². The molecule has 1 N–H and O–H groups in total. The van der Waals surface area contributed by atoms with Crippen LogP contribution in [0.2, 0.25) is 10.0 Å². The molecule has 1 amide bonds. The summed E-state index contributed by atoms with van der Waals surface area (Å²) in [5, 5.41) is 0.610. The predicted octanol–water partition coefficient (Wildman–Crippen LogP) is 1.83. The van der Waals surface area contributed by atoms with Crippen molar-refractivity contribution in [2.75, 3.05) is 13.7 Å². The Morgan fingerprint density at radius 3 is 2.65 bits per heavy atom. The van der Waals surface area contributed by atoms with Crippen molar-refractivity contribution in [2.45, 2.75) is 0 Å². The Bertz CT molecular complexity index is 436. The highest BCUT2D eigenvalue weighted by atomic mass is 35.5. The minimum atomic E-state index is -0.604. The molecule has 7 heteroatoms. The van der Waals surface area contributed by atoms with Gasteiger partial charge >= 0.3 is 5.97 Å². The summed E-state index contributed by atoms with van der Waals surface area (Å²) >= 11 is 11.5. The number of hydrogen-bond donors (Lipinski definition) is 1. The molecule has 0 atom stereocenters. The van der Waals surface area contributed by atoms with Crippen LogP contribution in [-0.4, -0.2) is 25.6 Å². The second-order valence-electron chi connectivity index (χ2n) is 2.92. The van der Waals surface area contributed by atoms with E-state index >= 15 is 0 Å². The van der Waals surface area contributed by atoms with Gasteiger partial charge in [-0.15, -0.1) is 0 Å². The molecule has 0 heterocycles. The highest BCUT2D eigenvalue weighted by Crippen LogP contribution is 2.20. The lowest BCUT2D eigenvalue weighted by atomic mass is 10.2. The van der Waals surface area contributed by atoms with E-state index in [0.29, 0.717) is 5.02 Å². The van der Waals surface area contributed by atoms with Crippen molar-refractivity contribution in [1.29, 1.82) is 0 Å². The SMILES string of the molecule is COC(=O)CONC(=O)c1ccc(Cl)cc1Cl. The Kier molecular flexibility index (Phi) is 5.21. The Labute approximate surface area is 108 Å². The van der Waals surface area contributed by atoms with Crippen molar-refractivity contribution in [2.24, 2.45) is 0 Å². The van der Waals surface area contributed by atoms with Crippen LogP contribution in [0.1, 0.15) is 10.4 Å². The second kappa shape index (κ2) is 6.44. The third-order valence-corrected chi connectivity index (χ3v) is 2.31. The number of halogens is 2. The number of carbonyl (C=O) groups excluding carboxylic acids is 2.